The maximum Gasteiger partial charge on any atom is 0.318 e. The molecule has 0 aromatic heterocycles. The third-order valence-corrected chi connectivity index (χ3v) is 5.87. The van der Waals surface area contributed by atoms with Gasteiger partial charge in [0, 0.05) is 12.2 Å². The van der Waals surface area contributed by atoms with E-state index in [4.69, 9.17) is 0 Å². The zero-order chi connectivity index (χ0) is 17.0. The predicted octanol–water partition coefficient (Wildman–Crippen LogP) is 6.05. The summed E-state index contributed by atoms with van der Waals surface area (Å²) in [5.74, 6) is 0.687. The van der Waals surface area contributed by atoms with Gasteiger partial charge in [-0.3, -0.25) is 0 Å². The van der Waals surface area contributed by atoms with Gasteiger partial charge in [-0.15, -0.1) is 0 Å². The molecule has 0 heterocycles. The largest absolute Gasteiger partial charge is 0.335 e. The van der Waals surface area contributed by atoms with Crippen molar-refractivity contribution in [3.8, 4) is 0 Å². The molecule has 2 rings (SSSR count). The molecule has 0 aromatic carbocycles. The van der Waals surface area contributed by atoms with Gasteiger partial charge in [-0.2, -0.15) is 0 Å². The summed E-state index contributed by atoms with van der Waals surface area (Å²) < 4.78 is 0. The minimum atomic E-state index is -0.00978. The first-order valence-electron chi connectivity index (χ1n) is 10.5. The molecule has 0 atom stereocenters. The van der Waals surface area contributed by atoms with Crippen molar-refractivity contribution in [1.29, 1.82) is 0 Å². The van der Waals surface area contributed by atoms with E-state index in [9.17, 15) is 4.79 Å². The van der Waals surface area contributed by atoms with E-state index in [1.807, 2.05) is 6.20 Å². The van der Waals surface area contributed by atoms with Gasteiger partial charge >= 0.3 is 6.03 Å². The average molecular weight is 335 g/mol. The zero-order valence-corrected chi connectivity index (χ0v) is 15.7. The predicted molar refractivity (Wildman–Crippen MR) is 102 cm³/mol. The average Bonchev–Trinajstić information content (AvgIpc) is 3.10. The molecular formula is C21H38N2O. The first-order chi connectivity index (χ1) is 11.8. The van der Waals surface area contributed by atoms with Crippen LogP contribution in [0.3, 0.4) is 0 Å². The summed E-state index contributed by atoms with van der Waals surface area (Å²) in [5.41, 5.74) is 1.33. The molecular weight excluding hydrogens is 296 g/mol. The topological polar surface area (TPSA) is 41.1 Å². The van der Waals surface area contributed by atoms with Gasteiger partial charge in [-0.1, -0.05) is 76.2 Å². The molecule has 24 heavy (non-hydrogen) atoms. The van der Waals surface area contributed by atoms with Gasteiger partial charge in [0.2, 0.25) is 0 Å². The number of hydrogen-bond donors (Lipinski definition) is 2. The standard InChI is InChI=1S/C21H38N2O/c1-18(19-13-11-12-14-19)17-22-21(24)23-20-15-9-7-5-3-2-4-6-8-10-16-20/h17,19-20H,2-16H2,1H3,(H2,22,23,24)/b18-17+. The summed E-state index contributed by atoms with van der Waals surface area (Å²) in [7, 11) is 0. The second-order valence-electron chi connectivity index (χ2n) is 7.94. The van der Waals surface area contributed by atoms with Crippen molar-refractivity contribution in [1.82, 2.24) is 10.6 Å². The number of hydrogen-bond acceptors (Lipinski definition) is 1. The second-order valence-corrected chi connectivity index (χ2v) is 7.94. The van der Waals surface area contributed by atoms with Gasteiger partial charge in [0.1, 0.15) is 0 Å². The highest BCUT2D eigenvalue weighted by atomic mass is 16.2. The monoisotopic (exact) mass is 334 g/mol. The lowest BCUT2D eigenvalue weighted by Gasteiger charge is -2.19. The van der Waals surface area contributed by atoms with Gasteiger partial charge in [0.25, 0.3) is 0 Å². The van der Waals surface area contributed by atoms with E-state index in [1.54, 1.807) is 0 Å². The van der Waals surface area contributed by atoms with Crippen molar-refractivity contribution in [2.24, 2.45) is 5.92 Å². The van der Waals surface area contributed by atoms with Crippen molar-refractivity contribution in [3.05, 3.63) is 11.8 Å². The lowest BCUT2D eigenvalue weighted by atomic mass is 9.98. The fourth-order valence-electron chi connectivity index (χ4n) is 4.21. The van der Waals surface area contributed by atoms with Gasteiger partial charge in [-0.05, 0) is 38.5 Å². The number of nitrogens with one attached hydrogen (secondary N) is 2. The van der Waals surface area contributed by atoms with Gasteiger partial charge in [-0.25, -0.2) is 4.79 Å². The molecule has 0 unspecified atom stereocenters. The lowest BCUT2D eigenvalue weighted by molar-refractivity contribution is 0.237. The number of rotatable bonds is 3. The molecule has 0 radical (unpaired) electrons. The summed E-state index contributed by atoms with van der Waals surface area (Å²) in [4.78, 5) is 12.2. The van der Waals surface area contributed by atoms with Crippen LogP contribution in [-0.4, -0.2) is 12.1 Å². The molecule has 2 aliphatic rings. The third-order valence-electron chi connectivity index (χ3n) is 5.87. The highest BCUT2D eigenvalue weighted by molar-refractivity contribution is 5.75. The fourth-order valence-corrected chi connectivity index (χ4v) is 4.21. The Hall–Kier alpha value is -0.990. The molecule has 0 aliphatic heterocycles. The van der Waals surface area contributed by atoms with Crippen molar-refractivity contribution < 1.29 is 4.79 Å². The van der Waals surface area contributed by atoms with Gasteiger partial charge < -0.3 is 10.6 Å². The van der Waals surface area contributed by atoms with Crippen LogP contribution in [0.2, 0.25) is 0 Å². The maximum absolute atomic E-state index is 12.2. The number of amides is 2. The van der Waals surface area contributed by atoms with E-state index < -0.39 is 0 Å². The van der Waals surface area contributed by atoms with Gasteiger partial charge in [0.15, 0.2) is 0 Å². The van der Waals surface area contributed by atoms with Crippen LogP contribution < -0.4 is 10.6 Å². The van der Waals surface area contributed by atoms with E-state index in [-0.39, 0.29) is 6.03 Å². The minimum Gasteiger partial charge on any atom is -0.335 e. The summed E-state index contributed by atoms with van der Waals surface area (Å²) >= 11 is 0. The Morgan fingerprint density at radius 3 is 1.75 bits per heavy atom. The smallest absolute Gasteiger partial charge is 0.318 e. The van der Waals surface area contributed by atoms with E-state index in [2.05, 4.69) is 17.6 Å². The van der Waals surface area contributed by atoms with Crippen LogP contribution in [0.5, 0.6) is 0 Å². The molecule has 2 amide bonds. The maximum atomic E-state index is 12.2. The van der Waals surface area contributed by atoms with Crippen LogP contribution in [0, 0.1) is 5.92 Å². The Morgan fingerprint density at radius 2 is 1.21 bits per heavy atom. The van der Waals surface area contributed by atoms with E-state index in [0.29, 0.717) is 12.0 Å². The Balaban J connectivity index is 1.73. The molecule has 0 bridgehead atoms. The number of carbonyl (C=O) groups excluding carboxylic acids is 1. The second kappa shape index (κ2) is 11.5. The Morgan fingerprint density at radius 1 is 0.750 bits per heavy atom. The quantitative estimate of drug-likeness (QED) is 0.648. The summed E-state index contributed by atoms with van der Waals surface area (Å²) in [6, 6.07) is 0.342. The molecule has 0 aromatic rings. The first-order valence-corrected chi connectivity index (χ1v) is 10.5. The number of allylic oxidation sites excluding steroid dienone is 1. The molecule has 138 valence electrons. The van der Waals surface area contributed by atoms with Crippen molar-refractivity contribution in [2.45, 2.75) is 109 Å². The van der Waals surface area contributed by atoms with E-state index >= 15 is 0 Å². The summed E-state index contributed by atoms with van der Waals surface area (Å²) in [6.07, 6.45) is 21.5. The molecule has 2 saturated carbocycles. The van der Waals surface area contributed by atoms with Gasteiger partial charge in [0.05, 0.1) is 0 Å². The Bertz CT molecular complexity index is 373. The third kappa shape index (κ3) is 7.72. The van der Waals surface area contributed by atoms with E-state index in [0.717, 1.165) is 12.8 Å². The number of urea groups is 1. The molecule has 0 spiro atoms. The van der Waals surface area contributed by atoms with E-state index in [1.165, 1.54) is 89.0 Å². The van der Waals surface area contributed by atoms with Crippen LogP contribution in [0.15, 0.2) is 11.8 Å². The first kappa shape index (κ1) is 19.3. The summed E-state index contributed by atoms with van der Waals surface area (Å²) in [5, 5.41) is 6.20. The molecule has 2 N–H and O–H groups in total. The van der Waals surface area contributed by atoms with Crippen LogP contribution in [-0.2, 0) is 0 Å². The normalized spacial score (nSPS) is 23.3. The molecule has 3 heteroatoms. The fraction of sp³-hybridized carbons (Fsp3) is 0.857. The van der Waals surface area contributed by atoms with Crippen molar-refractivity contribution in [2.75, 3.05) is 0 Å². The SMILES string of the molecule is C/C(=C\NC(=O)NC1CCCCCCCCCCC1)C1CCCC1. The van der Waals surface area contributed by atoms with Crippen LogP contribution in [0.4, 0.5) is 4.79 Å². The Labute approximate surface area is 149 Å². The highest BCUT2D eigenvalue weighted by Gasteiger charge is 2.17. The number of carbonyl (C=O) groups is 1. The minimum absolute atomic E-state index is 0.00978. The lowest BCUT2D eigenvalue weighted by Crippen LogP contribution is -2.40. The van der Waals surface area contributed by atoms with Crippen LogP contribution >= 0.6 is 0 Å². The molecule has 0 saturated heterocycles. The van der Waals surface area contributed by atoms with Crippen LogP contribution in [0.1, 0.15) is 103 Å². The van der Waals surface area contributed by atoms with Crippen molar-refractivity contribution in [3.63, 3.8) is 0 Å². The van der Waals surface area contributed by atoms with Crippen LogP contribution in [0.25, 0.3) is 0 Å². The Kier molecular flexibility index (Phi) is 9.30. The molecule has 2 fully saturated rings. The highest BCUT2D eigenvalue weighted by Crippen LogP contribution is 2.30. The molecule has 2 aliphatic carbocycles. The summed E-state index contributed by atoms with van der Waals surface area (Å²) in [6.45, 7) is 2.16. The zero-order valence-electron chi connectivity index (χ0n) is 15.7. The van der Waals surface area contributed by atoms with Crippen molar-refractivity contribution >= 4 is 6.03 Å². The molecule has 3 nitrogen and oxygen atoms in total.